The fourth-order valence-corrected chi connectivity index (χ4v) is 4.53. The summed E-state index contributed by atoms with van der Waals surface area (Å²) in [7, 11) is 0. The molecule has 0 aliphatic carbocycles. The van der Waals surface area contributed by atoms with Gasteiger partial charge < -0.3 is 10.1 Å². The highest BCUT2D eigenvalue weighted by atomic mass is 35.5. The van der Waals surface area contributed by atoms with E-state index in [1.807, 2.05) is 11.8 Å². The molecule has 2 aliphatic rings. The lowest BCUT2D eigenvalue weighted by molar-refractivity contribution is -0.0865. The Balaban J connectivity index is 1.68. The number of halogens is 2. The molecule has 1 aromatic carbocycles. The second-order valence-electron chi connectivity index (χ2n) is 5.60. The van der Waals surface area contributed by atoms with Crippen molar-refractivity contribution in [2.75, 3.05) is 23.4 Å². The van der Waals surface area contributed by atoms with Crippen LogP contribution < -0.4 is 5.32 Å². The molecule has 1 aromatic rings. The van der Waals surface area contributed by atoms with Crippen LogP contribution in [-0.4, -0.2) is 29.8 Å². The highest BCUT2D eigenvalue weighted by Crippen LogP contribution is 2.38. The second kappa shape index (κ2) is 6.12. The van der Waals surface area contributed by atoms with Gasteiger partial charge in [0, 0.05) is 12.6 Å². The third-order valence-corrected chi connectivity index (χ3v) is 5.49. The molecule has 1 unspecified atom stereocenters. The molecule has 20 heavy (non-hydrogen) atoms. The maximum absolute atomic E-state index is 13.1. The molecule has 2 fully saturated rings. The number of thioether (sulfide) groups is 1. The summed E-state index contributed by atoms with van der Waals surface area (Å²) in [5.41, 5.74) is 0.869. The molecule has 0 radical (unpaired) electrons. The van der Waals surface area contributed by atoms with Crippen LogP contribution in [0.1, 0.15) is 25.7 Å². The van der Waals surface area contributed by atoms with Gasteiger partial charge >= 0.3 is 0 Å². The van der Waals surface area contributed by atoms with Crippen molar-refractivity contribution in [3.63, 3.8) is 0 Å². The first-order valence-corrected chi connectivity index (χ1v) is 8.63. The van der Waals surface area contributed by atoms with E-state index in [0.29, 0.717) is 11.1 Å². The first-order valence-electron chi connectivity index (χ1n) is 7.10. The Kier molecular flexibility index (Phi) is 4.43. The summed E-state index contributed by atoms with van der Waals surface area (Å²) >= 11 is 8.10. The molecule has 2 saturated heterocycles. The van der Waals surface area contributed by atoms with Gasteiger partial charge in [-0.25, -0.2) is 4.39 Å². The molecule has 110 valence electrons. The van der Waals surface area contributed by atoms with Crippen LogP contribution in [0.25, 0.3) is 0 Å². The molecule has 2 aliphatic heterocycles. The van der Waals surface area contributed by atoms with Gasteiger partial charge in [-0.1, -0.05) is 11.6 Å². The van der Waals surface area contributed by atoms with E-state index in [1.165, 1.54) is 23.6 Å². The van der Waals surface area contributed by atoms with Gasteiger partial charge in [-0.3, -0.25) is 0 Å². The van der Waals surface area contributed by atoms with Crippen LogP contribution in [0.5, 0.6) is 0 Å². The van der Waals surface area contributed by atoms with Crippen molar-refractivity contribution < 1.29 is 9.13 Å². The van der Waals surface area contributed by atoms with Crippen molar-refractivity contribution in [3.8, 4) is 0 Å². The number of nitrogens with one attached hydrogen (secondary N) is 1. The zero-order valence-corrected chi connectivity index (χ0v) is 12.9. The number of anilines is 1. The van der Waals surface area contributed by atoms with Crippen LogP contribution in [0.2, 0.25) is 5.02 Å². The fourth-order valence-electron chi connectivity index (χ4n) is 3.07. The topological polar surface area (TPSA) is 21.3 Å². The lowest BCUT2D eigenvalue weighted by Crippen LogP contribution is -2.46. The van der Waals surface area contributed by atoms with E-state index < -0.39 is 0 Å². The van der Waals surface area contributed by atoms with Crippen LogP contribution >= 0.6 is 23.4 Å². The zero-order valence-electron chi connectivity index (χ0n) is 11.3. The summed E-state index contributed by atoms with van der Waals surface area (Å²) in [6, 6.07) is 4.88. The molecule has 2 heterocycles. The Labute approximate surface area is 128 Å². The summed E-state index contributed by atoms with van der Waals surface area (Å²) in [5, 5.41) is 3.91. The van der Waals surface area contributed by atoms with Crippen LogP contribution in [0.15, 0.2) is 18.2 Å². The quantitative estimate of drug-likeness (QED) is 0.877. The van der Waals surface area contributed by atoms with Crippen molar-refractivity contribution in [2.45, 2.75) is 37.3 Å². The summed E-state index contributed by atoms with van der Waals surface area (Å²) in [6.07, 6.45) is 4.25. The van der Waals surface area contributed by atoms with Gasteiger partial charge in [0.15, 0.2) is 0 Å². The Morgan fingerprint density at radius 3 is 2.90 bits per heavy atom. The van der Waals surface area contributed by atoms with Crippen molar-refractivity contribution in [1.82, 2.24) is 0 Å². The van der Waals surface area contributed by atoms with Crippen molar-refractivity contribution in [1.29, 1.82) is 0 Å². The molecular weight excluding hydrogens is 297 g/mol. The average Bonchev–Trinajstić information content (AvgIpc) is 2.43. The highest BCUT2D eigenvalue weighted by molar-refractivity contribution is 7.99. The molecule has 3 rings (SSSR count). The summed E-state index contributed by atoms with van der Waals surface area (Å²) < 4.78 is 19.2. The van der Waals surface area contributed by atoms with E-state index in [1.54, 1.807) is 6.07 Å². The van der Waals surface area contributed by atoms with Gasteiger partial charge in [0.2, 0.25) is 0 Å². The predicted molar refractivity (Wildman–Crippen MR) is 83.3 cm³/mol. The van der Waals surface area contributed by atoms with Gasteiger partial charge in [0.25, 0.3) is 0 Å². The third-order valence-electron chi connectivity index (χ3n) is 4.19. The minimum atomic E-state index is -0.298. The molecule has 5 heteroatoms. The van der Waals surface area contributed by atoms with E-state index in [-0.39, 0.29) is 11.4 Å². The van der Waals surface area contributed by atoms with Gasteiger partial charge in [-0.2, -0.15) is 11.8 Å². The first kappa shape index (κ1) is 14.5. The number of ether oxygens (including phenoxy) is 1. The standard InChI is InChI=1S/C15H19ClFNOS/c16-13-9-11(17)1-2-14(13)18-12-3-6-19-15(10-12)4-7-20-8-5-15/h1-2,9,12,18H,3-8,10H2. The average molecular weight is 316 g/mol. The smallest absolute Gasteiger partial charge is 0.124 e. The predicted octanol–water partition coefficient (Wildman–Crippen LogP) is 4.34. The van der Waals surface area contributed by atoms with Gasteiger partial charge in [-0.05, 0) is 55.4 Å². The monoisotopic (exact) mass is 315 g/mol. The third kappa shape index (κ3) is 3.23. The van der Waals surface area contributed by atoms with Crippen molar-refractivity contribution in [2.24, 2.45) is 0 Å². The summed E-state index contributed by atoms with van der Waals surface area (Å²) in [6.45, 7) is 0.793. The molecule has 2 nitrogen and oxygen atoms in total. The fraction of sp³-hybridized carbons (Fsp3) is 0.600. The number of hydrogen-bond acceptors (Lipinski definition) is 3. The van der Waals surface area contributed by atoms with Crippen LogP contribution in [0, 0.1) is 5.82 Å². The van der Waals surface area contributed by atoms with Crippen LogP contribution in [0.3, 0.4) is 0 Å². The highest BCUT2D eigenvalue weighted by Gasteiger charge is 2.38. The normalized spacial score (nSPS) is 25.6. The van der Waals surface area contributed by atoms with E-state index in [2.05, 4.69) is 5.32 Å². The summed E-state index contributed by atoms with van der Waals surface area (Å²) in [4.78, 5) is 0. The minimum Gasteiger partial charge on any atom is -0.381 e. The maximum Gasteiger partial charge on any atom is 0.124 e. The zero-order chi connectivity index (χ0) is 14.0. The van der Waals surface area contributed by atoms with E-state index in [0.717, 1.165) is 38.0 Å². The van der Waals surface area contributed by atoms with E-state index >= 15 is 0 Å². The number of benzene rings is 1. The lowest BCUT2D eigenvalue weighted by Gasteiger charge is -2.43. The van der Waals surface area contributed by atoms with E-state index in [4.69, 9.17) is 16.3 Å². The minimum absolute atomic E-state index is 0.0493. The van der Waals surface area contributed by atoms with Gasteiger partial charge in [-0.15, -0.1) is 0 Å². The Bertz CT molecular complexity index is 473. The molecule has 1 spiro atoms. The Hall–Kier alpha value is -0.450. The molecule has 0 bridgehead atoms. The molecule has 0 saturated carbocycles. The molecule has 0 amide bonds. The largest absolute Gasteiger partial charge is 0.381 e. The maximum atomic E-state index is 13.1. The molecule has 1 atom stereocenters. The van der Waals surface area contributed by atoms with Crippen LogP contribution in [0.4, 0.5) is 10.1 Å². The Morgan fingerprint density at radius 1 is 1.35 bits per heavy atom. The Morgan fingerprint density at radius 2 is 2.15 bits per heavy atom. The molecular formula is C15H19ClFNOS. The van der Waals surface area contributed by atoms with Crippen molar-refractivity contribution in [3.05, 3.63) is 29.0 Å². The van der Waals surface area contributed by atoms with Crippen molar-refractivity contribution >= 4 is 29.1 Å². The van der Waals surface area contributed by atoms with E-state index in [9.17, 15) is 4.39 Å². The molecule has 0 aromatic heterocycles. The number of rotatable bonds is 2. The van der Waals surface area contributed by atoms with Gasteiger partial charge in [0.1, 0.15) is 5.82 Å². The number of hydrogen-bond donors (Lipinski definition) is 1. The lowest BCUT2D eigenvalue weighted by atomic mass is 9.85. The molecule has 1 N–H and O–H groups in total. The SMILES string of the molecule is Fc1ccc(NC2CCOC3(CCSCC3)C2)c(Cl)c1. The first-order chi connectivity index (χ1) is 9.67. The second-order valence-corrected chi connectivity index (χ2v) is 7.23. The summed E-state index contributed by atoms with van der Waals surface area (Å²) in [5.74, 6) is 2.07. The van der Waals surface area contributed by atoms with Gasteiger partial charge in [0.05, 0.1) is 16.3 Å². The van der Waals surface area contributed by atoms with Crippen LogP contribution in [-0.2, 0) is 4.74 Å².